The Labute approximate surface area is 198 Å². The van der Waals surface area contributed by atoms with E-state index in [-0.39, 0.29) is 0 Å². The lowest BCUT2D eigenvalue weighted by Gasteiger charge is -2.71. The van der Waals surface area contributed by atoms with Gasteiger partial charge in [-0.1, -0.05) is 0 Å². The van der Waals surface area contributed by atoms with Gasteiger partial charge in [0.1, 0.15) is 0 Å². The molecule has 20 heteroatoms. The zero-order chi connectivity index (χ0) is 31.2. The smallest absolute Gasteiger partial charge is 0.233 e. The Morgan fingerprint density at radius 3 is 0.895 bits per heavy atom. The highest BCUT2D eigenvalue weighted by Crippen LogP contribution is 2.83. The van der Waals surface area contributed by atoms with Crippen LogP contribution in [0.5, 0.6) is 0 Å². The van der Waals surface area contributed by atoms with E-state index in [1.54, 1.807) is 0 Å². The summed E-state index contributed by atoms with van der Waals surface area (Å²) in [4.78, 5) is 0. The first-order chi connectivity index (χ1) is 16.0. The van der Waals surface area contributed by atoms with E-state index in [2.05, 4.69) is 0 Å². The van der Waals surface area contributed by atoms with Crippen LogP contribution in [0.3, 0.4) is 0 Å². The van der Waals surface area contributed by atoms with Crippen molar-refractivity contribution in [2.24, 2.45) is 0 Å². The zero-order valence-corrected chi connectivity index (χ0v) is 18.8. The van der Waals surface area contributed by atoms with Crippen molar-refractivity contribution in [2.75, 3.05) is 0 Å². The molecule has 0 saturated heterocycles. The lowest BCUT2D eigenvalue weighted by atomic mass is 9.40. The van der Waals surface area contributed by atoms with Crippen molar-refractivity contribution in [3.8, 4) is 0 Å². The van der Waals surface area contributed by atoms with Gasteiger partial charge in [0.2, 0.25) is 17.0 Å². The molecule has 0 nitrogen and oxygen atoms in total. The summed E-state index contributed by atoms with van der Waals surface area (Å²) in [5, 5.41) is 0. The molecule has 2 saturated carbocycles. The van der Waals surface area contributed by atoms with E-state index in [0.29, 0.717) is 0 Å². The molecule has 0 aromatic carbocycles. The second-order valence-corrected chi connectivity index (χ2v) is 9.68. The van der Waals surface area contributed by atoms with Gasteiger partial charge in [-0.05, 0) is 0 Å². The number of hydrogen-bond acceptors (Lipinski definition) is 0. The molecule has 6 atom stereocenters. The summed E-state index contributed by atoms with van der Waals surface area (Å²) in [7, 11) is 0. The molecule has 2 aliphatic rings. The molecule has 0 aromatic rings. The number of rotatable bonds is 4. The molecule has 0 radical (unpaired) electrons. The normalized spacial score (nSPS) is 45.5. The highest BCUT2D eigenvalue weighted by Gasteiger charge is 3.14. The van der Waals surface area contributed by atoms with Crippen LogP contribution < -0.4 is 0 Å². The van der Waals surface area contributed by atoms with E-state index in [1.807, 2.05) is 0 Å². The second kappa shape index (κ2) is 7.08. The quantitative estimate of drug-likeness (QED) is 0.282. The second-order valence-electron chi connectivity index (χ2n) is 9.68. The molecule has 226 valence electrons. The molecule has 2 fully saturated rings. The summed E-state index contributed by atoms with van der Waals surface area (Å²) < 4.78 is 297. The van der Waals surface area contributed by atoms with Gasteiger partial charge in [0, 0.05) is 27.7 Å². The molecule has 6 unspecified atom stereocenters. The van der Waals surface area contributed by atoms with E-state index < -0.39 is 110 Å². The fourth-order valence-electron chi connectivity index (χ4n) is 5.40. The molecule has 0 N–H and O–H groups in total. The summed E-state index contributed by atoms with van der Waals surface area (Å²) in [5.41, 5.74) is -49.1. The lowest BCUT2D eigenvalue weighted by Crippen LogP contribution is -3.03. The van der Waals surface area contributed by atoms with Crippen molar-refractivity contribution in [3.63, 3.8) is 0 Å². The number of fused-ring (bicyclic) bond motifs is 1. The molecule has 0 amide bonds. The van der Waals surface area contributed by atoms with Gasteiger partial charge in [-0.15, -0.1) is 0 Å². The minimum atomic E-state index is -8.70. The van der Waals surface area contributed by atoms with Gasteiger partial charge in [0.25, 0.3) is 46.6 Å². The van der Waals surface area contributed by atoms with Crippen LogP contribution in [0.2, 0.25) is 0 Å². The molecule has 2 rings (SSSR count). The summed E-state index contributed by atoms with van der Waals surface area (Å²) in [6.07, 6.45) is -4.54. The van der Waals surface area contributed by atoms with Gasteiger partial charge in [0.15, 0.2) is 0 Å². The van der Waals surface area contributed by atoms with Crippen LogP contribution in [0.4, 0.5) is 87.8 Å². The molecule has 0 aromatic heterocycles. The largest absolute Gasteiger partial charge is 0.356 e. The maximum absolute atomic E-state index is 16.4. The average Bonchev–Trinajstić information content (AvgIpc) is 2.64. The molecular weight excluding hydrogens is 596 g/mol. The van der Waals surface area contributed by atoms with Gasteiger partial charge >= 0.3 is 11.8 Å². The van der Waals surface area contributed by atoms with Crippen LogP contribution in [0.1, 0.15) is 34.1 Å². The van der Waals surface area contributed by atoms with Crippen molar-refractivity contribution in [1.29, 1.82) is 0 Å². The molecule has 2 aliphatic carbocycles. The lowest BCUT2D eigenvalue weighted by molar-refractivity contribution is -0.525. The van der Waals surface area contributed by atoms with Crippen LogP contribution in [0, 0.1) is 0 Å². The first-order valence-corrected chi connectivity index (χ1v) is 9.74. The van der Waals surface area contributed by atoms with Crippen molar-refractivity contribution in [2.45, 2.75) is 110 Å². The third-order valence-electron chi connectivity index (χ3n) is 7.18. The molecule has 0 aliphatic heterocycles. The Hall–Kier alpha value is -1.40. The van der Waals surface area contributed by atoms with Crippen molar-refractivity contribution < 1.29 is 87.8 Å². The van der Waals surface area contributed by atoms with Crippen molar-refractivity contribution in [3.05, 3.63) is 0 Å². The first-order valence-electron chi connectivity index (χ1n) is 9.74. The summed E-state index contributed by atoms with van der Waals surface area (Å²) >= 11 is 0. The van der Waals surface area contributed by atoms with Gasteiger partial charge in [-0.25, -0.2) is 70.2 Å². The maximum atomic E-state index is 16.4. The summed E-state index contributed by atoms with van der Waals surface area (Å²) in [6, 6.07) is 0. The van der Waals surface area contributed by atoms with Gasteiger partial charge in [-0.3, -0.25) is 0 Å². The Balaban J connectivity index is 3.65. The molecule has 0 spiro atoms. The van der Waals surface area contributed by atoms with Crippen LogP contribution >= 0.6 is 0 Å². The molecule has 0 bridgehead atoms. The van der Waals surface area contributed by atoms with E-state index in [1.165, 1.54) is 0 Å². The van der Waals surface area contributed by atoms with E-state index in [4.69, 9.17) is 0 Å². The average molecular weight is 610 g/mol. The van der Waals surface area contributed by atoms with Gasteiger partial charge in [-0.2, -0.15) is 17.6 Å². The maximum Gasteiger partial charge on any atom is 0.356 e. The van der Waals surface area contributed by atoms with E-state index >= 15 is 26.3 Å². The number of halogens is 20. The first kappa shape index (κ1) is 32.8. The number of alkyl halides is 20. The SMILES string of the molecule is CC(F)(F)C1(F)CC(F)(F)C(F)(C(C)(F)F)C2(F)C(F)(C(C)(F)F)C(F)(F)C(F)(F)C(F)(C(C)(F)F)C12F. The van der Waals surface area contributed by atoms with E-state index in [0.717, 1.165) is 0 Å². The minimum absolute atomic E-state index is 1.34. The van der Waals surface area contributed by atoms with Crippen molar-refractivity contribution >= 4 is 0 Å². The summed E-state index contributed by atoms with van der Waals surface area (Å²) in [5.74, 6) is -51.8. The molecular formula is C18H14F20. The van der Waals surface area contributed by atoms with Crippen LogP contribution in [-0.4, -0.2) is 75.5 Å². The predicted octanol–water partition coefficient (Wildman–Crippen LogP) is 8.18. The van der Waals surface area contributed by atoms with Crippen molar-refractivity contribution in [1.82, 2.24) is 0 Å². The van der Waals surface area contributed by atoms with E-state index in [9.17, 15) is 61.5 Å². The van der Waals surface area contributed by atoms with Crippen LogP contribution in [-0.2, 0) is 0 Å². The Morgan fingerprint density at radius 2 is 0.658 bits per heavy atom. The fraction of sp³-hybridized carbons (Fsp3) is 1.00. The standard InChI is InChI=1S/C18H14F20/c1-6(19,20)10(27)5-11(28,29)12(30,7(2,21)22)16(34)14(32,9(4,25)26)18(37,38)17(35,36)13(31,8(3,23)24)15(10,16)33/h5H2,1-4H3. The molecule has 0 heterocycles. The third kappa shape index (κ3) is 2.64. The van der Waals surface area contributed by atoms with Gasteiger partial charge in [0.05, 0.1) is 6.42 Å². The Kier molecular flexibility index (Phi) is 6.11. The van der Waals surface area contributed by atoms with Crippen LogP contribution in [0.15, 0.2) is 0 Å². The Morgan fingerprint density at radius 1 is 0.395 bits per heavy atom. The fourth-order valence-corrected chi connectivity index (χ4v) is 5.40. The minimum Gasteiger partial charge on any atom is -0.233 e. The zero-order valence-electron chi connectivity index (χ0n) is 18.8. The third-order valence-corrected chi connectivity index (χ3v) is 7.18. The highest BCUT2D eigenvalue weighted by molar-refractivity contribution is 5.50. The molecule has 38 heavy (non-hydrogen) atoms. The predicted molar refractivity (Wildman–Crippen MR) is 85.0 cm³/mol. The Bertz CT molecular complexity index is 984. The van der Waals surface area contributed by atoms with Gasteiger partial charge < -0.3 is 0 Å². The topological polar surface area (TPSA) is 0 Å². The summed E-state index contributed by atoms with van der Waals surface area (Å²) in [6.45, 7) is -6.03. The van der Waals surface area contributed by atoms with Crippen LogP contribution in [0.25, 0.3) is 0 Å². The highest BCUT2D eigenvalue weighted by atomic mass is 19.3. The monoisotopic (exact) mass is 610 g/mol. The number of hydrogen-bond donors (Lipinski definition) is 0.